The predicted octanol–water partition coefficient (Wildman–Crippen LogP) is 2.86. The first kappa shape index (κ1) is 13.7. The van der Waals surface area contributed by atoms with Gasteiger partial charge in [0.25, 0.3) is 0 Å². The number of anilines is 2. The van der Waals surface area contributed by atoms with Crippen LogP contribution in [0, 0.1) is 5.41 Å². The molecule has 0 fully saturated rings. The average Bonchev–Trinajstić information content (AvgIpc) is 2.21. The second-order valence-electron chi connectivity index (χ2n) is 5.57. The Balaban J connectivity index is 2.67. The van der Waals surface area contributed by atoms with Gasteiger partial charge < -0.3 is 11.1 Å². The molecule has 0 saturated carbocycles. The Hall–Kier alpha value is -1.32. The van der Waals surface area contributed by atoms with Crippen molar-refractivity contribution in [3.05, 3.63) is 11.9 Å². The molecule has 0 aromatic carbocycles. The van der Waals surface area contributed by atoms with Crippen LogP contribution in [0.15, 0.2) is 6.33 Å². The molecule has 96 valence electrons. The summed E-state index contributed by atoms with van der Waals surface area (Å²) in [5.41, 5.74) is 7.25. The topological polar surface area (TPSA) is 63.8 Å². The molecule has 0 bridgehead atoms. The molecule has 0 aliphatic heterocycles. The van der Waals surface area contributed by atoms with Gasteiger partial charge in [0.15, 0.2) is 0 Å². The van der Waals surface area contributed by atoms with Crippen molar-refractivity contribution in [3.8, 4) is 0 Å². The van der Waals surface area contributed by atoms with E-state index in [0.29, 0.717) is 11.2 Å². The molecule has 3 N–H and O–H groups in total. The van der Waals surface area contributed by atoms with Crippen molar-refractivity contribution >= 4 is 11.6 Å². The molecule has 0 saturated heterocycles. The van der Waals surface area contributed by atoms with Crippen LogP contribution in [0.5, 0.6) is 0 Å². The lowest BCUT2D eigenvalue weighted by atomic mass is 9.92. The van der Waals surface area contributed by atoms with Gasteiger partial charge in [-0.25, -0.2) is 9.97 Å². The smallest absolute Gasteiger partial charge is 0.134 e. The number of nitrogens with one attached hydrogen (secondary N) is 1. The van der Waals surface area contributed by atoms with Gasteiger partial charge in [0.1, 0.15) is 18.0 Å². The summed E-state index contributed by atoms with van der Waals surface area (Å²) in [4.78, 5) is 8.32. The maximum Gasteiger partial charge on any atom is 0.134 e. The molecule has 1 aromatic heterocycles. The standard InChI is InChI=1S/C13H24N4/c1-5-6-10-11(14)16-9-17-12(10)15-8-7-13(2,3)4/h9H,5-8H2,1-4H3,(H3,14,15,16,17). The predicted molar refractivity (Wildman–Crippen MR) is 73.0 cm³/mol. The van der Waals surface area contributed by atoms with Gasteiger partial charge >= 0.3 is 0 Å². The highest BCUT2D eigenvalue weighted by molar-refractivity contribution is 5.54. The summed E-state index contributed by atoms with van der Waals surface area (Å²) in [6.45, 7) is 9.74. The van der Waals surface area contributed by atoms with Gasteiger partial charge in [0.05, 0.1) is 0 Å². The third kappa shape index (κ3) is 4.59. The highest BCUT2D eigenvalue weighted by Crippen LogP contribution is 2.21. The van der Waals surface area contributed by atoms with Crippen LogP contribution >= 0.6 is 0 Å². The van der Waals surface area contributed by atoms with Crippen LogP contribution in [-0.2, 0) is 6.42 Å². The molecule has 17 heavy (non-hydrogen) atoms. The number of hydrogen-bond donors (Lipinski definition) is 2. The van der Waals surface area contributed by atoms with Crippen LogP contribution in [0.25, 0.3) is 0 Å². The third-order valence-corrected chi connectivity index (χ3v) is 2.65. The van der Waals surface area contributed by atoms with E-state index in [1.807, 2.05) is 0 Å². The second-order valence-corrected chi connectivity index (χ2v) is 5.57. The van der Waals surface area contributed by atoms with Crippen LogP contribution in [0.1, 0.15) is 46.1 Å². The molecule has 1 heterocycles. The van der Waals surface area contributed by atoms with E-state index < -0.39 is 0 Å². The first-order valence-electron chi connectivity index (χ1n) is 6.27. The van der Waals surface area contributed by atoms with E-state index in [2.05, 4.69) is 43.0 Å². The van der Waals surface area contributed by atoms with Gasteiger partial charge in [-0.2, -0.15) is 0 Å². The maximum absolute atomic E-state index is 5.87. The first-order valence-corrected chi connectivity index (χ1v) is 6.27. The van der Waals surface area contributed by atoms with E-state index in [9.17, 15) is 0 Å². The number of rotatable bonds is 5. The monoisotopic (exact) mass is 236 g/mol. The molecule has 4 heteroatoms. The minimum atomic E-state index is 0.330. The third-order valence-electron chi connectivity index (χ3n) is 2.65. The van der Waals surface area contributed by atoms with Crippen LogP contribution in [-0.4, -0.2) is 16.5 Å². The van der Waals surface area contributed by atoms with Crippen LogP contribution < -0.4 is 11.1 Å². The number of nitrogen functional groups attached to an aromatic ring is 1. The quantitative estimate of drug-likeness (QED) is 0.825. The van der Waals surface area contributed by atoms with Crippen molar-refractivity contribution in [2.75, 3.05) is 17.6 Å². The molecule has 0 aliphatic carbocycles. The van der Waals surface area contributed by atoms with Gasteiger partial charge in [-0.15, -0.1) is 0 Å². The highest BCUT2D eigenvalue weighted by atomic mass is 15.0. The van der Waals surface area contributed by atoms with Crippen LogP contribution in [0.3, 0.4) is 0 Å². The van der Waals surface area contributed by atoms with Crippen molar-refractivity contribution in [2.24, 2.45) is 5.41 Å². The zero-order valence-electron chi connectivity index (χ0n) is 11.4. The van der Waals surface area contributed by atoms with Crippen molar-refractivity contribution in [3.63, 3.8) is 0 Å². The molecule has 4 nitrogen and oxygen atoms in total. The SMILES string of the molecule is CCCc1c(N)ncnc1NCCC(C)(C)C. The molecular formula is C13H24N4. The lowest BCUT2D eigenvalue weighted by Crippen LogP contribution is -2.15. The van der Waals surface area contributed by atoms with Gasteiger partial charge in [-0.1, -0.05) is 34.1 Å². The van der Waals surface area contributed by atoms with Crippen molar-refractivity contribution in [1.82, 2.24) is 9.97 Å². The van der Waals surface area contributed by atoms with E-state index >= 15 is 0 Å². The van der Waals surface area contributed by atoms with E-state index in [-0.39, 0.29) is 0 Å². The zero-order valence-corrected chi connectivity index (χ0v) is 11.4. The first-order chi connectivity index (χ1) is 7.94. The number of aromatic nitrogens is 2. The molecule has 0 amide bonds. The fourth-order valence-corrected chi connectivity index (χ4v) is 1.63. The zero-order chi connectivity index (χ0) is 12.9. The highest BCUT2D eigenvalue weighted by Gasteiger charge is 2.11. The lowest BCUT2D eigenvalue weighted by molar-refractivity contribution is 0.389. The van der Waals surface area contributed by atoms with Crippen molar-refractivity contribution in [2.45, 2.75) is 47.0 Å². The Labute approximate surface area is 104 Å². The van der Waals surface area contributed by atoms with Gasteiger partial charge in [0.2, 0.25) is 0 Å². The number of nitrogens with zero attached hydrogens (tertiary/aromatic N) is 2. The largest absolute Gasteiger partial charge is 0.383 e. The Kier molecular flexibility index (Phi) is 4.73. The van der Waals surface area contributed by atoms with Crippen molar-refractivity contribution in [1.29, 1.82) is 0 Å². The molecule has 0 aliphatic rings. The maximum atomic E-state index is 5.87. The summed E-state index contributed by atoms with van der Waals surface area (Å²) in [6, 6.07) is 0. The summed E-state index contributed by atoms with van der Waals surface area (Å²) in [6.07, 6.45) is 4.59. The molecule has 0 atom stereocenters. The molecule has 1 rings (SSSR count). The van der Waals surface area contributed by atoms with Gasteiger partial charge in [-0.3, -0.25) is 0 Å². The number of nitrogens with two attached hydrogens (primary N) is 1. The molecule has 1 aromatic rings. The van der Waals surface area contributed by atoms with Gasteiger partial charge in [0, 0.05) is 12.1 Å². The van der Waals surface area contributed by atoms with Crippen molar-refractivity contribution < 1.29 is 0 Å². The summed E-state index contributed by atoms with van der Waals surface area (Å²) >= 11 is 0. The summed E-state index contributed by atoms with van der Waals surface area (Å²) in [7, 11) is 0. The van der Waals surface area contributed by atoms with E-state index in [1.54, 1.807) is 0 Å². The van der Waals surface area contributed by atoms with E-state index in [4.69, 9.17) is 5.73 Å². The van der Waals surface area contributed by atoms with E-state index in [1.165, 1.54) is 6.33 Å². The van der Waals surface area contributed by atoms with Gasteiger partial charge in [-0.05, 0) is 18.3 Å². The fraction of sp³-hybridized carbons (Fsp3) is 0.692. The molecular weight excluding hydrogens is 212 g/mol. The Bertz CT molecular complexity index is 355. The fourth-order valence-electron chi connectivity index (χ4n) is 1.63. The lowest BCUT2D eigenvalue weighted by Gasteiger charge is -2.19. The minimum Gasteiger partial charge on any atom is -0.383 e. The average molecular weight is 236 g/mol. The minimum absolute atomic E-state index is 0.330. The molecule has 0 radical (unpaired) electrons. The summed E-state index contributed by atoms with van der Waals surface area (Å²) in [5, 5.41) is 3.36. The normalized spacial score (nSPS) is 11.5. The Morgan fingerprint density at radius 3 is 2.59 bits per heavy atom. The van der Waals surface area contributed by atoms with Crippen LogP contribution in [0.2, 0.25) is 0 Å². The molecule has 0 spiro atoms. The Morgan fingerprint density at radius 1 is 1.29 bits per heavy atom. The molecule has 0 unspecified atom stereocenters. The van der Waals surface area contributed by atoms with Crippen LogP contribution in [0.4, 0.5) is 11.6 Å². The van der Waals surface area contributed by atoms with E-state index in [0.717, 1.165) is 37.2 Å². The number of hydrogen-bond acceptors (Lipinski definition) is 4. The Morgan fingerprint density at radius 2 is 2.00 bits per heavy atom. The summed E-state index contributed by atoms with van der Waals surface area (Å²) in [5.74, 6) is 1.49. The summed E-state index contributed by atoms with van der Waals surface area (Å²) < 4.78 is 0. The second kappa shape index (κ2) is 5.84.